The smallest absolute Gasteiger partial charge is 0.312 e. The molecule has 1 unspecified atom stereocenters. The Hall–Kier alpha value is -1.37. The van der Waals surface area contributed by atoms with Crippen LogP contribution in [0.5, 0.6) is 0 Å². The van der Waals surface area contributed by atoms with Crippen LogP contribution in [0.25, 0.3) is 0 Å². The third-order valence-electron chi connectivity index (χ3n) is 1.79. The van der Waals surface area contributed by atoms with Gasteiger partial charge in [-0.1, -0.05) is 19.1 Å². The summed E-state index contributed by atoms with van der Waals surface area (Å²) < 4.78 is 0. The molecule has 3 amide bonds. The molecule has 0 spiro atoms. The highest BCUT2D eigenvalue weighted by Gasteiger charge is 2.18. The molecule has 6 N–H and O–H groups in total. The lowest BCUT2D eigenvalue weighted by Crippen LogP contribution is -2.42. The Morgan fingerprint density at radius 2 is 1.80 bits per heavy atom. The van der Waals surface area contributed by atoms with Crippen LogP contribution in [-0.4, -0.2) is 30.0 Å². The lowest BCUT2D eigenvalue weighted by atomic mass is 10.1. The second-order valence-corrected chi connectivity index (χ2v) is 3.42. The second-order valence-electron chi connectivity index (χ2n) is 2.95. The minimum Gasteiger partial charge on any atom is -0.393 e. The zero-order chi connectivity index (χ0) is 11.8. The zero-order valence-electron chi connectivity index (χ0n) is 8.58. The van der Waals surface area contributed by atoms with Crippen LogP contribution < -0.4 is 22.1 Å². The molecule has 0 saturated heterocycles. The van der Waals surface area contributed by atoms with Gasteiger partial charge in [-0.2, -0.15) is 0 Å². The van der Waals surface area contributed by atoms with Crippen molar-refractivity contribution in [2.45, 2.75) is 13.3 Å². The summed E-state index contributed by atoms with van der Waals surface area (Å²) in [6.07, 6.45) is 0.560. The number of primary amides is 1. The van der Waals surface area contributed by atoms with Gasteiger partial charge in [-0.3, -0.25) is 4.79 Å². The highest BCUT2D eigenvalue weighted by molar-refractivity contribution is 7.80. The van der Waals surface area contributed by atoms with E-state index in [1.165, 1.54) is 0 Å². The van der Waals surface area contributed by atoms with Crippen molar-refractivity contribution in [3.05, 3.63) is 0 Å². The van der Waals surface area contributed by atoms with E-state index in [0.717, 1.165) is 0 Å². The van der Waals surface area contributed by atoms with Crippen molar-refractivity contribution >= 4 is 29.1 Å². The van der Waals surface area contributed by atoms with Crippen LogP contribution in [0.15, 0.2) is 0 Å². The molecule has 86 valence electrons. The number of nitrogens with one attached hydrogen (secondary N) is 2. The van der Waals surface area contributed by atoms with E-state index >= 15 is 0 Å². The Morgan fingerprint density at radius 1 is 1.27 bits per heavy atom. The number of carbonyl (C=O) groups is 2. The molecule has 0 radical (unpaired) electrons. The van der Waals surface area contributed by atoms with Gasteiger partial charge in [0.25, 0.3) is 0 Å². The highest BCUT2D eigenvalue weighted by atomic mass is 32.1. The summed E-state index contributed by atoms with van der Waals surface area (Å²) in [4.78, 5) is 21.9. The summed E-state index contributed by atoms with van der Waals surface area (Å²) in [6, 6.07) is -0.620. The van der Waals surface area contributed by atoms with E-state index in [2.05, 4.69) is 10.6 Å². The van der Waals surface area contributed by atoms with E-state index in [-0.39, 0.29) is 17.4 Å². The van der Waals surface area contributed by atoms with Gasteiger partial charge in [0.15, 0.2) is 0 Å². The normalized spacial score (nSPS) is 11.5. The van der Waals surface area contributed by atoms with E-state index in [1.807, 2.05) is 6.92 Å². The average Bonchev–Trinajstić information content (AvgIpc) is 2.12. The summed E-state index contributed by atoms with van der Waals surface area (Å²) in [7, 11) is 0. The van der Waals surface area contributed by atoms with Crippen LogP contribution in [0, 0.1) is 5.92 Å². The molecule has 1 atom stereocenters. The van der Waals surface area contributed by atoms with Gasteiger partial charge in [0.05, 0.1) is 10.9 Å². The van der Waals surface area contributed by atoms with Gasteiger partial charge >= 0.3 is 6.03 Å². The maximum atomic E-state index is 11.4. The highest BCUT2D eigenvalue weighted by Crippen LogP contribution is 2.02. The molecule has 0 bridgehead atoms. The van der Waals surface area contributed by atoms with Crippen LogP contribution in [0.1, 0.15) is 13.3 Å². The third-order valence-corrected chi connectivity index (χ3v) is 2.08. The van der Waals surface area contributed by atoms with E-state index in [9.17, 15) is 9.59 Å². The summed E-state index contributed by atoms with van der Waals surface area (Å²) in [6.45, 7) is 2.42. The van der Waals surface area contributed by atoms with E-state index in [1.54, 1.807) is 0 Å². The predicted molar refractivity (Wildman–Crippen MR) is 61.2 cm³/mol. The Kier molecular flexibility index (Phi) is 6.35. The molecule has 0 fully saturated rings. The van der Waals surface area contributed by atoms with Crippen molar-refractivity contribution in [2.75, 3.05) is 13.1 Å². The van der Waals surface area contributed by atoms with Gasteiger partial charge in [0.1, 0.15) is 0 Å². The molecule has 0 aliphatic rings. The number of hydrogen-bond donors (Lipinski definition) is 4. The zero-order valence-corrected chi connectivity index (χ0v) is 9.39. The van der Waals surface area contributed by atoms with Crippen molar-refractivity contribution in [2.24, 2.45) is 17.4 Å². The SMILES string of the molecule is CCC(C(=O)NCCNC(N)=O)C(N)=S. The Labute approximate surface area is 93.8 Å². The fraction of sp³-hybridized carbons (Fsp3) is 0.625. The molecule has 0 aliphatic carbocycles. The van der Waals surface area contributed by atoms with Crippen LogP contribution in [0.2, 0.25) is 0 Å². The second kappa shape index (κ2) is 6.99. The topological polar surface area (TPSA) is 110 Å². The molecule has 0 aromatic rings. The summed E-state index contributed by atoms with van der Waals surface area (Å²) in [5.74, 6) is -0.676. The maximum absolute atomic E-state index is 11.4. The lowest BCUT2D eigenvalue weighted by molar-refractivity contribution is -0.123. The van der Waals surface area contributed by atoms with Gasteiger partial charge in [-0.05, 0) is 6.42 Å². The number of amides is 3. The first kappa shape index (κ1) is 13.6. The van der Waals surface area contributed by atoms with Gasteiger partial charge < -0.3 is 22.1 Å². The van der Waals surface area contributed by atoms with Crippen molar-refractivity contribution in [1.29, 1.82) is 0 Å². The molecular formula is C8H16N4O2S. The van der Waals surface area contributed by atoms with Gasteiger partial charge in [-0.25, -0.2) is 4.79 Å². The first-order valence-corrected chi connectivity index (χ1v) is 5.00. The Morgan fingerprint density at radius 3 is 2.20 bits per heavy atom. The summed E-state index contributed by atoms with van der Waals surface area (Å²) in [5, 5.41) is 4.94. The number of urea groups is 1. The average molecular weight is 232 g/mol. The minimum absolute atomic E-state index is 0.179. The standard InChI is InChI=1S/C8H16N4O2S/c1-2-5(6(9)15)7(13)11-3-4-12-8(10)14/h5H,2-4H2,1H3,(H2,9,15)(H,11,13)(H3,10,12,14). The number of carbonyl (C=O) groups excluding carboxylic acids is 2. The first-order valence-electron chi connectivity index (χ1n) is 4.59. The summed E-state index contributed by atoms with van der Waals surface area (Å²) in [5.41, 5.74) is 10.2. The number of rotatable bonds is 6. The molecule has 0 aromatic carbocycles. The van der Waals surface area contributed by atoms with E-state index < -0.39 is 11.9 Å². The number of nitrogens with two attached hydrogens (primary N) is 2. The lowest BCUT2D eigenvalue weighted by Gasteiger charge is -2.13. The van der Waals surface area contributed by atoms with Crippen LogP contribution in [0.3, 0.4) is 0 Å². The third kappa shape index (κ3) is 5.84. The number of hydrogen-bond acceptors (Lipinski definition) is 3. The Bertz CT molecular complexity index is 257. The van der Waals surface area contributed by atoms with Crippen molar-refractivity contribution in [1.82, 2.24) is 10.6 Å². The van der Waals surface area contributed by atoms with Gasteiger partial charge in [0, 0.05) is 13.1 Å². The molecule has 6 nitrogen and oxygen atoms in total. The monoisotopic (exact) mass is 232 g/mol. The molecule has 0 aromatic heterocycles. The van der Waals surface area contributed by atoms with Crippen LogP contribution >= 0.6 is 12.2 Å². The first-order chi connectivity index (χ1) is 6.99. The maximum Gasteiger partial charge on any atom is 0.312 e. The van der Waals surface area contributed by atoms with Crippen molar-refractivity contribution < 1.29 is 9.59 Å². The molecule has 15 heavy (non-hydrogen) atoms. The van der Waals surface area contributed by atoms with Crippen molar-refractivity contribution in [3.8, 4) is 0 Å². The largest absolute Gasteiger partial charge is 0.393 e. The Balaban J connectivity index is 3.82. The van der Waals surface area contributed by atoms with E-state index in [4.69, 9.17) is 23.7 Å². The van der Waals surface area contributed by atoms with Crippen molar-refractivity contribution in [3.63, 3.8) is 0 Å². The van der Waals surface area contributed by atoms with Gasteiger partial charge in [-0.15, -0.1) is 0 Å². The fourth-order valence-electron chi connectivity index (χ4n) is 1.01. The van der Waals surface area contributed by atoms with Crippen LogP contribution in [0.4, 0.5) is 4.79 Å². The molecule has 7 heteroatoms. The van der Waals surface area contributed by atoms with Gasteiger partial charge in [0.2, 0.25) is 5.91 Å². The molecular weight excluding hydrogens is 216 g/mol. The minimum atomic E-state index is -0.620. The molecule has 0 saturated carbocycles. The number of thiocarbonyl (C=S) groups is 1. The summed E-state index contributed by atoms with van der Waals surface area (Å²) >= 11 is 4.74. The molecule has 0 aliphatic heterocycles. The van der Waals surface area contributed by atoms with E-state index in [0.29, 0.717) is 13.0 Å². The predicted octanol–water partition coefficient (Wildman–Crippen LogP) is -0.917. The fourth-order valence-corrected chi connectivity index (χ4v) is 1.28. The quantitative estimate of drug-likeness (QED) is 0.351. The molecule has 0 rings (SSSR count). The van der Waals surface area contributed by atoms with Crippen LogP contribution in [-0.2, 0) is 4.79 Å². The molecule has 0 heterocycles.